The normalized spacial score (nSPS) is 12.5. The maximum absolute atomic E-state index is 9.20. The number of hydrogen-bond donors (Lipinski definition) is 3. The molecule has 1 heterocycles. The molecule has 90 valence electrons. The van der Waals surface area contributed by atoms with Crippen molar-refractivity contribution in [1.29, 1.82) is 0 Å². The van der Waals surface area contributed by atoms with Gasteiger partial charge < -0.3 is 10.4 Å². The van der Waals surface area contributed by atoms with Gasteiger partial charge in [-0.2, -0.15) is 5.10 Å². The molecule has 1 unspecified atom stereocenters. The van der Waals surface area contributed by atoms with Gasteiger partial charge in [-0.3, -0.25) is 5.10 Å². The molecule has 0 amide bonds. The van der Waals surface area contributed by atoms with Crippen molar-refractivity contribution in [2.45, 2.75) is 19.4 Å². The molecule has 2 rings (SSSR count). The van der Waals surface area contributed by atoms with Gasteiger partial charge in [0.05, 0.1) is 0 Å². The Balaban J connectivity index is 1.81. The predicted molar refractivity (Wildman–Crippen MR) is 64.6 cm³/mol. The molecule has 0 spiro atoms. The summed E-state index contributed by atoms with van der Waals surface area (Å²) in [6, 6.07) is 7.48. The van der Waals surface area contributed by atoms with Crippen LogP contribution >= 0.6 is 0 Å². The molecular weight excluding hydrogens is 216 g/mol. The number of rotatable bonds is 5. The predicted octanol–water partition coefficient (Wildman–Crippen LogP) is 1.40. The minimum Gasteiger partial charge on any atom is -0.508 e. The van der Waals surface area contributed by atoms with E-state index in [9.17, 15) is 5.11 Å². The Hall–Kier alpha value is -1.88. The number of phenols is 1. The van der Waals surface area contributed by atoms with Crippen LogP contribution < -0.4 is 5.32 Å². The molecule has 0 aliphatic carbocycles. The summed E-state index contributed by atoms with van der Waals surface area (Å²) in [5.74, 6) is 1.18. The van der Waals surface area contributed by atoms with E-state index in [4.69, 9.17) is 0 Å². The summed E-state index contributed by atoms with van der Waals surface area (Å²) in [5, 5.41) is 19.2. The highest BCUT2D eigenvalue weighted by Gasteiger charge is 2.04. The van der Waals surface area contributed by atoms with Crippen LogP contribution in [0.4, 0.5) is 0 Å². The second-order valence-corrected chi connectivity index (χ2v) is 3.95. The van der Waals surface area contributed by atoms with Crippen molar-refractivity contribution < 1.29 is 5.11 Å². The van der Waals surface area contributed by atoms with E-state index in [-0.39, 0.29) is 6.04 Å². The third-order valence-corrected chi connectivity index (χ3v) is 2.67. The van der Waals surface area contributed by atoms with Crippen molar-refractivity contribution in [2.75, 3.05) is 6.54 Å². The topological polar surface area (TPSA) is 73.8 Å². The van der Waals surface area contributed by atoms with Crippen LogP contribution in [0.3, 0.4) is 0 Å². The number of aromatic nitrogens is 3. The molecule has 5 heteroatoms. The van der Waals surface area contributed by atoms with Gasteiger partial charge in [-0.05, 0) is 24.6 Å². The van der Waals surface area contributed by atoms with Crippen LogP contribution in [0, 0.1) is 0 Å². The average molecular weight is 232 g/mol. The summed E-state index contributed by atoms with van der Waals surface area (Å²) in [7, 11) is 0. The maximum Gasteiger partial charge on any atom is 0.137 e. The fourth-order valence-electron chi connectivity index (χ4n) is 1.64. The number of nitrogens with one attached hydrogen (secondary N) is 2. The summed E-state index contributed by atoms with van der Waals surface area (Å²) < 4.78 is 0. The molecule has 1 atom stereocenters. The van der Waals surface area contributed by atoms with Gasteiger partial charge in [0.25, 0.3) is 0 Å². The fraction of sp³-hybridized carbons (Fsp3) is 0.333. The van der Waals surface area contributed by atoms with Gasteiger partial charge in [-0.1, -0.05) is 12.1 Å². The lowest BCUT2D eigenvalue weighted by Gasteiger charge is -2.13. The van der Waals surface area contributed by atoms with Gasteiger partial charge in [0.15, 0.2) is 0 Å². The number of aromatic amines is 1. The average Bonchev–Trinajstić information content (AvgIpc) is 2.83. The van der Waals surface area contributed by atoms with Crippen molar-refractivity contribution in [3.05, 3.63) is 42.0 Å². The first-order valence-electron chi connectivity index (χ1n) is 5.62. The van der Waals surface area contributed by atoms with E-state index in [1.54, 1.807) is 12.1 Å². The van der Waals surface area contributed by atoms with Crippen LogP contribution in [0.25, 0.3) is 0 Å². The Morgan fingerprint density at radius 2 is 2.12 bits per heavy atom. The van der Waals surface area contributed by atoms with Crippen molar-refractivity contribution in [3.8, 4) is 5.75 Å². The van der Waals surface area contributed by atoms with Crippen LogP contribution in [0.15, 0.2) is 30.6 Å². The number of phenolic OH excluding ortho intramolecular Hbond substituents is 1. The SMILES string of the molecule is CC(NCCc1ncn[nH]1)c1ccc(O)cc1. The molecule has 0 aliphatic heterocycles. The monoisotopic (exact) mass is 232 g/mol. The molecule has 0 bridgehead atoms. The van der Waals surface area contributed by atoms with E-state index in [1.807, 2.05) is 12.1 Å². The van der Waals surface area contributed by atoms with Gasteiger partial charge in [0.2, 0.25) is 0 Å². The third kappa shape index (κ3) is 3.29. The van der Waals surface area contributed by atoms with Gasteiger partial charge in [0, 0.05) is 19.0 Å². The number of nitrogens with zero attached hydrogens (tertiary/aromatic N) is 2. The zero-order valence-corrected chi connectivity index (χ0v) is 9.72. The summed E-state index contributed by atoms with van der Waals surface area (Å²) in [5.41, 5.74) is 1.15. The van der Waals surface area contributed by atoms with E-state index in [1.165, 1.54) is 6.33 Å². The Bertz CT molecular complexity index is 438. The summed E-state index contributed by atoms with van der Waals surface area (Å²) >= 11 is 0. The molecule has 0 aliphatic rings. The van der Waals surface area contributed by atoms with Crippen molar-refractivity contribution in [2.24, 2.45) is 0 Å². The minimum absolute atomic E-state index is 0.249. The minimum atomic E-state index is 0.249. The first-order chi connectivity index (χ1) is 8.25. The lowest BCUT2D eigenvalue weighted by atomic mass is 10.1. The Labute approximate surface area is 99.9 Å². The second-order valence-electron chi connectivity index (χ2n) is 3.95. The van der Waals surface area contributed by atoms with Crippen molar-refractivity contribution >= 4 is 0 Å². The summed E-state index contributed by atoms with van der Waals surface area (Å²) in [6.07, 6.45) is 2.33. The zero-order valence-electron chi connectivity index (χ0n) is 9.72. The van der Waals surface area contributed by atoms with Crippen molar-refractivity contribution in [3.63, 3.8) is 0 Å². The highest BCUT2D eigenvalue weighted by Crippen LogP contribution is 2.15. The summed E-state index contributed by atoms with van der Waals surface area (Å²) in [6.45, 7) is 2.92. The molecule has 0 radical (unpaired) electrons. The molecule has 1 aromatic heterocycles. The lowest BCUT2D eigenvalue weighted by Crippen LogP contribution is -2.21. The van der Waals surface area contributed by atoms with E-state index in [0.717, 1.165) is 24.4 Å². The van der Waals surface area contributed by atoms with E-state index in [0.29, 0.717) is 5.75 Å². The maximum atomic E-state index is 9.20. The standard InChI is InChI=1S/C12H16N4O/c1-9(10-2-4-11(17)5-3-10)13-7-6-12-14-8-15-16-12/h2-5,8-9,13,17H,6-7H2,1H3,(H,14,15,16). The van der Waals surface area contributed by atoms with Gasteiger partial charge in [-0.15, -0.1) is 0 Å². The third-order valence-electron chi connectivity index (χ3n) is 2.67. The highest BCUT2D eigenvalue weighted by atomic mass is 16.3. The number of hydrogen-bond acceptors (Lipinski definition) is 4. The van der Waals surface area contributed by atoms with Crippen LogP contribution in [-0.4, -0.2) is 26.8 Å². The van der Waals surface area contributed by atoms with Gasteiger partial charge >= 0.3 is 0 Å². The van der Waals surface area contributed by atoms with Crippen LogP contribution in [0.1, 0.15) is 24.4 Å². The Morgan fingerprint density at radius 3 is 2.76 bits per heavy atom. The van der Waals surface area contributed by atoms with Crippen LogP contribution in [0.5, 0.6) is 5.75 Å². The Morgan fingerprint density at radius 1 is 1.35 bits per heavy atom. The van der Waals surface area contributed by atoms with E-state index >= 15 is 0 Å². The van der Waals surface area contributed by atoms with Crippen LogP contribution in [0.2, 0.25) is 0 Å². The molecule has 17 heavy (non-hydrogen) atoms. The molecular formula is C12H16N4O. The first-order valence-corrected chi connectivity index (χ1v) is 5.62. The first kappa shape index (κ1) is 11.6. The lowest BCUT2D eigenvalue weighted by molar-refractivity contribution is 0.474. The molecule has 1 aromatic carbocycles. The van der Waals surface area contributed by atoms with Crippen LogP contribution in [-0.2, 0) is 6.42 Å². The molecule has 0 fully saturated rings. The van der Waals surface area contributed by atoms with Crippen molar-refractivity contribution in [1.82, 2.24) is 20.5 Å². The largest absolute Gasteiger partial charge is 0.508 e. The molecule has 5 nitrogen and oxygen atoms in total. The number of H-pyrrole nitrogens is 1. The zero-order chi connectivity index (χ0) is 12.1. The molecule has 0 saturated heterocycles. The van der Waals surface area contributed by atoms with Gasteiger partial charge in [0.1, 0.15) is 17.9 Å². The van der Waals surface area contributed by atoms with E-state index in [2.05, 4.69) is 27.4 Å². The smallest absolute Gasteiger partial charge is 0.137 e. The quantitative estimate of drug-likeness (QED) is 0.728. The van der Waals surface area contributed by atoms with E-state index < -0.39 is 0 Å². The second kappa shape index (κ2) is 5.45. The Kier molecular flexibility index (Phi) is 3.72. The number of aromatic hydroxyl groups is 1. The molecule has 0 saturated carbocycles. The van der Waals surface area contributed by atoms with Gasteiger partial charge in [-0.25, -0.2) is 4.98 Å². The number of benzene rings is 1. The summed E-state index contributed by atoms with van der Waals surface area (Å²) in [4.78, 5) is 4.06. The fourth-order valence-corrected chi connectivity index (χ4v) is 1.64. The molecule has 2 aromatic rings. The highest BCUT2D eigenvalue weighted by molar-refractivity contribution is 5.27. The molecule has 3 N–H and O–H groups in total.